The SMILES string of the molecule is COc1ccc(/C=C/C(=O)NCCCn2nc(C(F)(F)F)cc2C)cc1COc1cccc(C)c1. The van der Waals surface area contributed by atoms with Gasteiger partial charge in [0.1, 0.15) is 18.1 Å². The van der Waals surface area contributed by atoms with Crippen molar-refractivity contribution in [2.24, 2.45) is 0 Å². The summed E-state index contributed by atoms with van der Waals surface area (Å²) in [5, 5.41) is 6.31. The molecule has 1 amide bonds. The van der Waals surface area contributed by atoms with Gasteiger partial charge in [-0.1, -0.05) is 18.2 Å². The van der Waals surface area contributed by atoms with Gasteiger partial charge in [0.2, 0.25) is 5.91 Å². The van der Waals surface area contributed by atoms with E-state index in [4.69, 9.17) is 9.47 Å². The summed E-state index contributed by atoms with van der Waals surface area (Å²) in [6.07, 6.45) is -0.933. The van der Waals surface area contributed by atoms with Crippen molar-refractivity contribution in [2.75, 3.05) is 13.7 Å². The van der Waals surface area contributed by atoms with Crippen LogP contribution >= 0.6 is 0 Å². The Balaban J connectivity index is 1.51. The lowest BCUT2D eigenvalue weighted by Crippen LogP contribution is -2.23. The van der Waals surface area contributed by atoms with Gasteiger partial charge in [-0.25, -0.2) is 0 Å². The summed E-state index contributed by atoms with van der Waals surface area (Å²) in [4.78, 5) is 12.2. The summed E-state index contributed by atoms with van der Waals surface area (Å²) in [6.45, 7) is 4.45. The minimum Gasteiger partial charge on any atom is -0.496 e. The smallest absolute Gasteiger partial charge is 0.435 e. The lowest BCUT2D eigenvalue weighted by atomic mass is 10.1. The monoisotopic (exact) mass is 487 g/mol. The first kappa shape index (κ1) is 25.9. The van der Waals surface area contributed by atoms with E-state index in [9.17, 15) is 18.0 Å². The van der Waals surface area contributed by atoms with Gasteiger partial charge >= 0.3 is 6.18 Å². The predicted octanol–water partition coefficient (Wildman–Crippen LogP) is 5.33. The Hall–Kier alpha value is -3.75. The van der Waals surface area contributed by atoms with Crippen LogP contribution in [0.4, 0.5) is 13.2 Å². The van der Waals surface area contributed by atoms with Gasteiger partial charge in [0.25, 0.3) is 0 Å². The largest absolute Gasteiger partial charge is 0.496 e. The number of halogens is 3. The number of amides is 1. The summed E-state index contributed by atoms with van der Waals surface area (Å²) < 4.78 is 50.8. The molecule has 9 heteroatoms. The Morgan fingerprint density at radius 1 is 1.14 bits per heavy atom. The molecule has 0 unspecified atom stereocenters. The third-order valence-corrected chi connectivity index (χ3v) is 5.23. The van der Waals surface area contributed by atoms with E-state index in [-0.39, 0.29) is 12.5 Å². The number of hydrogen-bond donors (Lipinski definition) is 1. The summed E-state index contributed by atoms with van der Waals surface area (Å²) in [5.74, 6) is 1.14. The van der Waals surface area contributed by atoms with E-state index in [1.165, 1.54) is 10.8 Å². The van der Waals surface area contributed by atoms with Gasteiger partial charge in [-0.2, -0.15) is 18.3 Å². The van der Waals surface area contributed by atoms with E-state index in [2.05, 4.69) is 10.4 Å². The maximum atomic E-state index is 12.7. The number of methoxy groups -OCH3 is 1. The van der Waals surface area contributed by atoms with E-state index in [0.29, 0.717) is 31.0 Å². The van der Waals surface area contributed by atoms with E-state index < -0.39 is 11.9 Å². The first-order chi connectivity index (χ1) is 16.7. The van der Waals surface area contributed by atoms with Crippen LogP contribution in [0, 0.1) is 13.8 Å². The van der Waals surface area contributed by atoms with Gasteiger partial charge in [-0.15, -0.1) is 0 Å². The maximum absolute atomic E-state index is 12.7. The quantitative estimate of drug-likeness (QED) is 0.310. The van der Waals surface area contributed by atoms with Crippen LogP contribution in [0.1, 0.15) is 34.5 Å². The third-order valence-electron chi connectivity index (χ3n) is 5.23. The van der Waals surface area contributed by atoms with Crippen LogP contribution in [0.15, 0.2) is 54.6 Å². The molecule has 3 rings (SSSR count). The second-order valence-corrected chi connectivity index (χ2v) is 8.05. The molecule has 35 heavy (non-hydrogen) atoms. The second kappa shape index (κ2) is 11.6. The summed E-state index contributed by atoms with van der Waals surface area (Å²) in [7, 11) is 1.59. The standard InChI is InChI=1S/C26H28F3N3O3/c1-18-6-4-7-22(14-18)35-17-21-16-20(8-10-23(21)34-3)9-11-25(33)30-12-5-13-32-19(2)15-24(31-32)26(27,28)29/h4,6-11,14-16H,5,12-13,17H2,1-3H3,(H,30,33)/b11-9+. The molecule has 0 fully saturated rings. The Bertz CT molecular complexity index is 1190. The molecule has 1 heterocycles. The zero-order chi connectivity index (χ0) is 25.4. The second-order valence-electron chi connectivity index (χ2n) is 8.05. The lowest BCUT2D eigenvalue weighted by molar-refractivity contribution is -0.141. The van der Waals surface area contributed by atoms with Crippen LogP contribution < -0.4 is 14.8 Å². The van der Waals surface area contributed by atoms with E-state index in [1.54, 1.807) is 20.1 Å². The van der Waals surface area contributed by atoms with Crippen LogP contribution in [-0.2, 0) is 24.1 Å². The summed E-state index contributed by atoms with van der Waals surface area (Å²) in [6, 6.07) is 14.3. The number of carbonyl (C=O) groups excluding carboxylic acids is 1. The number of nitrogens with zero attached hydrogens (tertiary/aromatic N) is 2. The molecule has 0 radical (unpaired) electrons. The number of alkyl halides is 3. The summed E-state index contributed by atoms with van der Waals surface area (Å²) in [5.41, 5.74) is 2.25. The molecular weight excluding hydrogens is 459 g/mol. The number of aryl methyl sites for hydroxylation is 3. The highest BCUT2D eigenvalue weighted by molar-refractivity contribution is 5.91. The molecule has 6 nitrogen and oxygen atoms in total. The molecule has 0 saturated carbocycles. The Morgan fingerprint density at radius 3 is 2.63 bits per heavy atom. The molecule has 0 spiro atoms. The Kier molecular flexibility index (Phi) is 8.57. The normalized spacial score (nSPS) is 11.6. The van der Waals surface area contributed by atoms with E-state index in [1.807, 2.05) is 49.4 Å². The summed E-state index contributed by atoms with van der Waals surface area (Å²) >= 11 is 0. The Morgan fingerprint density at radius 2 is 1.94 bits per heavy atom. The van der Waals surface area contributed by atoms with Crippen molar-refractivity contribution < 1.29 is 27.4 Å². The van der Waals surface area contributed by atoms with E-state index in [0.717, 1.165) is 28.5 Å². The number of aromatic nitrogens is 2. The van der Waals surface area contributed by atoms with Gasteiger partial charge < -0.3 is 14.8 Å². The number of nitrogens with one attached hydrogen (secondary N) is 1. The van der Waals surface area contributed by atoms with Crippen molar-refractivity contribution in [1.29, 1.82) is 0 Å². The van der Waals surface area contributed by atoms with Crippen molar-refractivity contribution in [2.45, 2.75) is 39.6 Å². The fraction of sp³-hybridized carbons (Fsp3) is 0.308. The molecule has 186 valence electrons. The predicted molar refractivity (Wildman–Crippen MR) is 127 cm³/mol. The van der Waals surface area contributed by atoms with Crippen molar-refractivity contribution in [3.63, 3.8) is 0 Å². The van der Waals surface area contributed by atoms with Crippen LogP contribution in [-0.4, -0.2) is 29.3 Å². The first-order valence-electron chi connectivity index (χ1n) is 11.1. The molecule has 0 aliphatic rings. The van der Waals surface area contributed by atoms with Crippen LogP contribution in [0.2, 0.25) is 0 Å². The number of hydrogen-bond acceptors (Lipinski definition) is 4. The molecular formula is C26H28F3N3O3. The minimum absolute atomic E-state index is 0.273. The highest BCUT2D eigenvalue weighted by Gasteiger charge is 2.34. The fourth-order valence-corrected chi connectivity index (χ4v) is 3.43. The number of benzene rings is 2. The average molecular weight is 488 g/mol. The number of carbonyl (C=O) groups is 1. The highest BCUT2D eigenvalue weighted by atomic mass is 19.4. The first-order valence-corrected chi connectivity index (χ1v) is 11.1. The zero-order valence-corrected chi connectivity index (χ0v) is 19.9. The van der Waals surface area contributed by atoms with Crippen molar-refractivity contribution in [3.05, 3.63) is 82.7 Å². The number of ether oxygens (including phenoxy) is 2. The highest BCUT2D eigenvalue weighted by Crippen LogP contribution is 2.28. The fourth-order valence-electron chi connectivity index (χ4n) is 3.43. The Labute approximate surface area is 202 Å². The van der Waals surface area contributed by atoms with Gasteiger partial charge in [-0.05, 0) is 67.8 Å². The zero-order valence-electron chi connectivity index (χ0n) is 19.9. The van der Waals surface area contributed by atoms with Gasteiger partial charge in [0.05, 0.1) is 7.11 Å². The topological polar surface area (TPSA) is 65.4 Å². The lowest BCUT2D eigenvalue weighted by Gasteiger charge is -2.11. The molecule has 3 aromatic rings. The van der Waals surface area contributed by atoms with Crippen LogP contribution in [0.5, 0.6) is 11.5 Å². The van der Waals surface area contributed by atoms with Crippen LogP contribution in [0.25, 0.3) is 6.08 Å². The van der Waals surface area contributed by atoms with Crippen molar-refractivity contribution >= 4 is 12.0 Å². The molecule has 2 aromatic carbocycles. The molecule has 0 aliphatic heterocycles. The molecule has 0 saturated heterocycles. The minimum atomic E-state index is -4.47. The van der Waals surface area contributed by atoms with E-state index >= 15 is 0 Å². The van der Waals surface area contributed by atoms with Crippen LogP contribution in [0.3, 0.4) is 0 Å². The average Bonchev–Trinajstić information content (AvgIpc) is 3.20. The number of rotatable bonds is 10. The third kappa shape index (κ3) is 7.63. The van der Waals surface area contributed by atoms with Gasteiger partial charge in [0, 0.05) is 30.4 Å². The molecule has 1 N–H and O–H groups in total. The molecule has 0 bridgehead atoms. The van der Waals surface area contributed by atoms with Gasteiger partial charge in [0.15, 0.2) is 5.69 Å². The maximum Gasteiger partial charge on any atom is 0.435 e. The van der Waals surface area contributed by atoms with Crippen molar-refractivity contribution in [3.8, 4) is 11.5 Å². The molecule has 1 aromatic heterocycles. The van der Waals surface area contributed by atoms with Crippen molar-refractivity contribution in [1.82, 2.24) is 15.1 Å². The molecule has 0 atom stereocenters. The molecule has 0 aliphatic carbocycles. The van der Waals surface area contributed by atoms with Gasteiger partial charge in [-0.3, -0.25) is 9.48 Å².